The summed E-state index contributed by atoms with van der Waals surface area (Å²) in [6.07, 6.45) is -3.99. The zero-order chi connectivity index (χ0) is 19.0. The van der Waals surface area contributed by atoms with Gasteiger partial charge in [-0.05, 0) is 24.6 Å². The molecule has 1 aliphatic heterocycles. The Balaban J connectivity index is 2.53. The zero-order valence-electron chi connectivity index (χ0n) is 12.4. The van der Waals surface area contributed by atoms with Gasteiger partial charge < -0.3 is 4.84 Å². The Hall–Kier alpha value is -2.69. The summed E-state index contributed by atoms with van der Waals surface area (Å²) in [6.45, 7) is 1.04. The van der Waals surface area contributed by atoms with Crippen molar-refractivity contribution in [1.82, 2.24) is 0 Å². The summed E-state index contributed by atoms with van der Waals surface area (Å²) >= 11 is 5.82. The molecule has 0 N–H and O–H groups in total. The molecule has 1 heterocycles. The van der Waals surface area contributed by atoms with Gasteiger partial charge in [0.25, 0.3) is 5.69 Å². The molecule has 2 atom stereocenters. The van der Waals surface area contributed by atoms with Gasteiger partial charge in [0.1, 0.15) is 5.71 Å². The number of halogens is 4. The molecular formula is C13H9ClF3N3O5. The number of nitrogens with zero attached hydrogens (tertiary/aromatic N) is 3. The maximum atomic E-state index is 13.5. The van der Waals surface area contributed by atoms with E-state index >= 15 is 0 Å². The molecule has 0 bridgehead atoms. The van der Waals surface area contributed by atoms with E-state index < -0.39 is 39.1 Å². The number of nitro groups is 2. The monoisotopic (exact) mass is 379 g/mol. The summed E-state index contributed by atoms with van der Waals surface area (Å²) in [7, 11) is 0. The lowest BCUT2D eigenvalue weighted by atomic mass is 9.90. The fraction of sp³-hybridized carbons (Fsp3) is 0.308. The number of non-ortho nitro benzene ring substituents is 1. The van der Waals surface area contributed by atoms with Gasteiger partial charge >= 0.3 is 17.8 Å². The summed E-state index contributed by atoms with van der Waals surface area (Å²) in [4.78, 5) is 24.3. The van der Waals surface area contributed by atoms with Crippen LogP contribution >= 0.6 is 11.6 Å². The number of hydrogen-bond acceptors (Lipinski definition) is 6. The van der Waals surface area contributed by atoms with Crippen LogP contribution in [-0.4, -0.2) is 33.4 Å². The number of rotatable bonds is 4. The number of hydrogen-bond donors (Lipinski definition) is 0. The molecule has 134 valence electrons. The lowest BCUT2D eigenvalue weighted by Gasteiger charge is -2.27. The van der Waals surface area contributed by atoms with Crippen molar-refractivity contribution in [3.63, 3.8) is 0 Å². The first-order valence-corrected chi connectivity index (χ1v) is 6.93. The Morgan fingerprint density at radius 2 is 2.00 bits per heavy atom. The normalized spacial score (nSPS) is 23.4. The summed E-state index contributed by atoms with van der Waals surface area (Å²) in [5.74, 6) is 0. The molecule has 0 aliphatic carbocycles. The topological polar surface area (TPSA) is 108 Å². The Morgan fingerprint density at radius 3 is 2.52 bits per heavy atom. The van der Waals surface area contributed by atoms with Gasteiger partial charge in [-0.3, -0.25) is 20.2 Å². The van der Waals surface area contributed by atoms with Crippen molar-refractivity contribution in [3.8, 4) is 0 Å². The molecule has 2 rings (SSSR count). The predicted molar refractivity (Wildman–Crippen MR) is 80.9 cm³/mol. The molecule has 0 saturated carbocycles. The number of alkyl halides is 3. The highest BCUT2D eigenvalue weighted by atomic mass is 35.5. The average molecular weight is 380 g/mol. The summed E-state index contributed by atoms with van der Waals surface area (Å²) in [5, 5.41) is 24.9. The van der Waals surface area contributed by atoms with Gasteiger partial charge in [0, 0.05) is 22.1 Å². The molecule has 0 aromatic heterocycles. The van der Waals surface area contributed by atoms with Gasteiger partial charge in [-0.1, -0.05) is 22.8 Å². The molecule has 1 aliphatic rings. The van der Waals surface area contributed by atoms with E-state index in [0.717, 1.165) is 31.2 Å². The van der Waals surface area contributed by atoms with Crippen molar-refractivity contribution in [1.29, 1.82) is 0 Å². The van der Waals surface area contributed by atoms with E-state index in [2.05, 4.69) is 9.99 Å². The Kier molecular flexibility index (Phi) is 4.71. The molecule has 12 heteroatoms. The summed E-state index contributed by atoms with van der Waals surface area (Å²) in [5.41, 5.74) is -4.34. The molecule has 25 heavy (non-hydrogen) atoms. The first-order chi connectivity index (χ1) is 11.5. The van der Waals surface area contributed by atoms with Crippen LogP contribution in [0, 0.1) is 20.2 Å². The van der Waals surface area contributed by atoms with Crippen LogP contribution in [0.5, 0.6) is 0 Å². The molecule has 0 fully saturated rings. The Bertz CT molecular complexity index is 796. The van der Waals surface area contributed by atoms with Crippen LogP contribution in [0.15, 0.2) is 29.4 Å². The predicted octanol–water partition coefficient (Wildman–Crippen LogP) is 3.61. The SMILES string of the molecule is CC1=NO[C@](/C=C/c2cc([N+](=O)[O-])ccc2Cl)(C(F)(F)F)[C@H]1[N+](=O)[O-]. The number of nitro benzene ring substituents is 1. The fourth-order valence-corrected chi connectivity index (χ4v) is 2.46. The first-order valence-electron chi connectivity index (χ1n) is 6.55. The maximum Gasteiger partial charge on any atom is 0.442 e. The minimum absolute atomic E-state index is 0.0764. The van der Waals surface area contributed by atoms with Gasteiger partial charge in [0.05, 0.1) is 4.92 Å². The number of oxime groups is 1. The highest BCUT2D eigenvalue weighted by Gasteiger charge is 2.70. The standard InChI is InChI=1S/C13H9ClF3N3O5/c1-7-11(20(23)24)12(25-18-7,13(15,16)17)5-4-8-6-9(19(21)22)2-3-10(8)14/h2-6,11H,1H3/b5-4+/t11-,12-/m0/s1. The minimum Gasteiger partial charge on any atom is -0.367 e. The van der Waals surface area contributed by atoms with Crippen LogP contribution < -0.4 is 0 Å². The van der Waals surface area contributed by atoms with E-state index in [9.17, 15) is 33.4 Å². The van der Waals surface area contributed by atoms with Gasteiger partial charge in [-0.15, -0.1) is 0 Å². The third-order valence-electron chi connectivity index (χ3n) is 3.50. The summed E-state index contributed by atoms with van der Waals surface area (Å²) < 4.78 is 40.5. The van der Waals surface area contributed by atoms with Crippen LogP contribution in [0.2, 0.25) is 5.02 Å². The van der Waals surface area contributed by atoms with E-state index in [4.69, 9.17) is 11.6 Å². The molecule has 1 aromatic rings. The molecule has 0 unspecified atom stereocenters. The van der Waals surface area contributed by atoms with Crippen molar-refractivity contribution < 1.29 is 27.9 Å². The second kappa shape index (κ2) is 6.31. The van der Waals surface area contributed by atoms with Crippen LogP contribution in [0.3, 0.4) is 0 Å². The zero-order valence-corrected chi connectivity index (χ0v) is 13.1. The maximum absolute atomic E-state index is 13.5. The van der Waals surface area contributed by atoms with Crippen LogP contribution in [0.1, 0.15) is 12.5 Å². The second-order valence-corrected chi connectivity index (χ2v) is 5.51. The van der Waals surface area contributed by atoms with Gasteiger partial charge in [-0.2, -0.15) is 13.2 Å². The lowest BCUT2D eigenvalue weighted by molar-refractivity contribution is -0.531. The molecule has 0 amide bonds. The van der Waals surface area contributed by atoms with Crippen LogP contribution in [0.25, 0.3) is 6.08 Å². The smallest absolute Gasteiger partial charge is 0.367 e. The first kappa shape index (κ1) is 18.6. The van der Waals surface area contributed by atoms with Gasteiger partial charge in [-0.25, -0.2) is 0 Å². The van der Waals surface area contributed by atoms with Crippen molar-refractivity contribution in [2.75, 3.05) is 0 Å². The molecule has 0 spiro atoms. The van der Waals surface area contributed by atoms with E-state index in [0.29, 0.717) is 6.08 Å². The molecule has 1 aromatic carbocycles. The Morgan fingerprint density at radius 1 is 1.36 bits per heavy atom. The third kappa shape index (κ3) is 3.27. The van der Waals surface area contributed by atoms with E-state index in [-0.39, 0.29) is 10.6 Å². The van der Waals surface area contributed by atoms with Crippen molar-refractivity contribution in [3.05, 3.63) is 55.1 Å². The molecule has 0 radical (unpaired) electrons. The highest BCUT2D eigenvalue weighted by molar-refractivity contribution is 6.32. The molecule has 0 saturated heterocycles. The van der Waals surface area contributed by atoms with Crippen molar-refractivity contribution in [2.24, 2.45) is 5.16 Å². The largest absolute Gasteiger partial charge is 0.442 e. The van der Waals surface area contributed by atoms with Crippen LogP contribution in [-0.2, 0) is 4.84 Å². The van der Waals surface area contributed by atoms with E-state index in [1.54, 1.807) is 0 Å². The highest BCUT2D eigenvalue weighted by Crippen LogP contribution is 2.43. The van der Waals surface area contributed by atoms with E-state index in [1.165, 1.54) is 0 Å². The van der Waals surface area contributed by atoms with Gasteiger partial charge in [0.15, 0.2) is 0 Å². The number of benzene rings is 1. The minimum atomic E-state index is -5.17. The summed E-state index contributed by atoms with van der Waals surface area (Å²) in [6, 6.07) is 0.841. The quantitative estimate of drug-likeness (QED) is 0.586. The Labute approximate surface area is 142 Å². The molecular weight excluding hydrogens is 371 g/mol. The molecule has 8 nitrogen and oxygen atoms in total. The average Bonchev–Trinajstić information content (AvgIpc) is 2.84. The second-order valence-electron chi connectivity index (χ2n) is 5.10. The fourth-order valence-electron chi connectivity index (χ4n) is 2.28. The van der Waals surface area contributed by atoms with Crippen LogP contribution in [0.4, 0.5) is 18.9 Å². The third-order valence-corrected chi connectivity index (χ3v) is 3.84. The van der Waals surface area contributed by atoms with E-state index in [1.807, 2.05) is 0 Å². The van der Waals surface area contributed by atoms with Crippen molar-refractivity contribution >= 4 is 29.1 Å². The van der Waals surface area contributed by atoms with Gasteiger partial charge in [0.2, 0.25) is 0 Å². The van der Waals surface area contributed by atoms with Crippen molar-refractivity contribution in [2.45, 2.75) is 24.7 Å². The lowest BCUT2D eigenvalue weighted by Crippen LogP contribution is -2.56.